The zero-order chi connectivity index (χ0) is 11.1. The van der Waals surface area contributed by atoms with E-state index in [1.54, 1.807) is 0 Å². The summed E-state index contributed by atoms with van der Waals surface area (Å²) in [4.78, 5) is 21.5. The van der Waals surface area contributed by atoms with Crippen LogP contribution in [0.1, 0.15) is 26.7 Å². The van der Waals surface area contributed by atoms with Gasteiger partial charge in [-0.25, -0.2) is 4.79 Å². The smallest absolute Gasteiger partial charge is 0.331 e. The van der Waals surface area contributed by atoms with Gasteiger partial charge >= 0.3 is 11.9 Å². The lowest BCUT2D eigenvalue weighted by Gasteiger charge is -2.05. The molecule has 4 nitrogen and oxygen atoms in total. The Kier molecular flexibility index (Phi) is 5.60. The Labute approximate surface area is 83.6 Å². The van der Waals surface area contributed by atoms with Crippen LogP contribution in [0.25, 0.3) is 0 Å². The summed E-state index contributed by atoms with van der Waals surface area (Å²) in [5.41, 5.74) is 0.269. The van der Waals surface area contributed by atoms with E-state index in [9.17, 15) is 9.59 Å². The van der Waals surface area contributed by atoms with Crippen LogP contribution in [0.4, 0.5) is 0 Å². The summed E-state index contributed by atoms with van der Waals surface area (Å²) in [5.74, 6) is -1.13. The summed E-state index contributed by atoms with van der Waals surface area (Å²) in [6, 6.07) is 0. The number of carboxylic acid groups (broad SMARTS) is 1. The van der Waals surface area contributed by atoms with Gasteiger partial charge in [-0.05, 0) is 12.3 Å². The monoisotopic (exact) mass is 200 g/mol. The second-order valence-electron chi connectivity index (χ2n) is 3.41. The van der Waals surface area contributed by atoms with Crippen molar-refractivity contribution in [1.82, 2.24) is 0 Å². The number of esters is 1. The van der Waals surface area contributed by atoms with E-state index in [2.05, 4.69) is 4.74 Å². The molecule has 0 atom stereocenters. The van der Waals surface area contributed by atoms with Crippen molar-refractivity contribution >= 4 is 11.9 Å². The lowest BCUT2D eigenvalue weighted by Crippen LogP contribution is -2.06. The van der Waals surface area contributed by atoms with Gasteiger partial charge in [0, 0.05) is 5.57 Å². The summed E-state index contributed by atoms with van der Waals surface area (Å²) in [5, 5.41) is 8.79. The lowest BCUT2D eigenvalue weighted by molar-refractivity contribution is -0.139. The molecule has 0 spiro atoms. The second kappa shape index (κ2) is 6.18. The highest BCUT2D eigenvalue weighted by molar-refractivity contribution is 5.87. The molecule has 14 heavy (non-hydrogen) atoms. The highest BCUT2D eigenvalue weighted by Gasteiger charge is 2.10. The van der Waals surface area contributed by atoms with Gasteiger partial charge < -0.3 is 9.84 Å². The molecular formula is C10H16O4. The third kappa shape index (κ3) is 5.35. The average Bonchev–Trinajstić information content (AvgIpc) is 2.10. The van der Waals surface area contributed by atoms with Crippen LogP contribution < -0.4 is 0 Å². The first kappa shape index (κ1) is 12.7. The number of hydrogen-bond donors (Lipinski definition) is 1. The van der Waals surface area contributed by atoms with Crippen LogP contribution in [0.3, 0.4) is 0 Å². The van der Waals surface area contributed by atoms with E-state index in [-0.39, 0.29) is 17.9 Å². The van der Waals surface area contributed by atoms with Crippen molar-refractivity contribution in [2.75, 3.05) is 7.11 Å². The third-order valence-corrected chi connectivity index (χ3v) is 1.65. The largest absolute Gasteiger partial charge is 0.478 e. The van der Waals surface area contributed by atoms with Gasteiger partial charge in [0.25, 0.3) is 0 Å². The molecule has 0 saturated carbocycles. The summed E-state index contributed by atoms with van der Waals surface area (Å²) < 4.78 is 4.41. The van der Waals surface area contributed by atoms with Crippen molar-refractivity contribution in [2.45, 2.75) is 26.7 Å². The van der Waals surface area contributed by atoms with Crippen molar-refractivity contribution in [3.8, 4) is 0 Å². The SMILES string of the molecule is COC(=O)C/C=C(/CC(C)C)C(=O)O. The topological polar surface area (TPSA) is 63.6 Å². The first-order chi connectivity index (χ1) is 6.47. The number of carbonyl (C=O) groups excluding carboxylic acids is 1. The molecule has 0 aromatic carbocycles. The zero-order valence-corrected chi connectivity index (χ0v) is 8.74. The van der Waals surface area contributed by atoms with E-state index in [4.69, 9.17) is 5.11 Å². The maximum absolute atomic E-state index is 10.8. The Morgan fingerprint density at radius 1 is 1.43 bits per heavy atom. The highest BCUT2D eigenvalue weighted by Crippen LogP contribution is 2.11. The van der Waals surface area contributed by atoms with Gasteiger partial charge in [-0.1, -0.05) is 19.9 Å². The molecule has 0 aliphatic rings. The number of aliphatic carboxylic acids is 1. The molecule has 0 rings (SSSR count). The van der Waals surface area contributed by atoms with Crippen LogP contribution in [0, 0.1) is 5.92 Å². The molecule has 0 aliphatic carbocycles. The standard InChI is InChI=1S/C10H16O4/c1-7(2)6-8(10(12)13)4-5-9(11)14-3/h4,7H,5-6H2,1-3H3,(H,12,13)/b8-4-. The van der Waals surface area contributed by atoms with E-state index < -0.39 is 11.9 Å². The fraction of sp³-hybridized carbons (Fsp3) is 0.600. The van der Waals surface area contributed by atoms with Crippen LogP contribution in [0.5, 0.6) is 0 Å². The van der Waals surface area contributed by atoms with E-state index in [0.29, 0.717) is 6.42 Å². The Morgan fingerprint density at radius 2 is 2.00 bits per heavy atom. The third-order valence-electron chi connectivity index (χ3n) is 1.65. The van der Waals surface area contributed by atoms with Crippen LogP contribution in [-0.4, -0.2) is 24.2 Å². The Bertz CT molecular complexity index is 241. The van der Waals surface area contributed by atoms with Crippen LogP contribution >= 0.6 is 0 Å². The Balaban J connectivity index is 4.33. The normalized spacial score (nSPS) is 11.6. The maximum atomic E-state index is 10.8. The molecule has 0 heterocycles. The van der Waals surface area contributed by atoms with Crippen molar-refractivity contribution < 1.29 is 19.4 Å². The quantitative estimate of drug-likeness (QED) is 0.541. The van der Waals surface area contributed by atoms with E-state index in [1.807, 2.05) is 13.8 Å². The molecule has 4 heteroatoms. The fourth-order valence-electron chi connectivity index (χ4n) is 0.988. The number of rotatable bonds is 5. The molecule has 0 aromatic heterocycles. The number of carbonyl (C=O) groups is 2. The highest BCUT2D eigenvalue weighted by atomic mass is 16.5. The fourth-order valence-corrected chi connectivity index (χ4v) is 0.988. The van der Waals surface area contributed by atoms with E-state index in [1.165, 1.54) is 13.2 Å². The van der Waals surface area contributed by atoms with Crippen molar-refractivity contribution in [2.24, 2.45) is 5.92 Å². The van der Waals surface area contributed by atoms with E-state index in [0.717, 1.165) is 0 Å². The Hall–Kier alpha value is -1.32. The number of ether oxygens (including phenoxy) is 1. The molecule has 0 bridgehead atoms. The van der Waals surface area contributed by atoms with Crippen molar-refractivity contribution in [3.05, 3.63) is 11.6 Å². The maximum Gasteiger partial charge on any atom is 0.331 e. The minimum absolute atomic E-state index is 0.0187. The summed E-state index contributed by atoms with van der Waals surface area (Å²) in [7, 11) is 1.28. The van der Waals surface area contributed by atoms with Gasteiger partial charge in [-0.2, -0.15) is 0 Å². The van der Waals surface area contributed by atoms with Gasteiger partial charge in [0.1, 0.15) is 0 Å². The summed E-state index contributed by atoms with van der Waals surface area (Å²) in [6.45, 7) is 3.85. The van der Waals surface area contributed by atoms with Gasteiger partial charge in [0.05, 0.1) is 13.5 Å². The Morgan fingerprint density at radius 3 is 2.36 bits per heavy atom. The number of methoxy groups -OCH3 is 1. The number of carboxylic acids is 1. The molecule has 80 valence electrons. The molecule has 0 saturated heterocycles. The molecular weight excluding hydrogens is 184 g/mol. The molecule has 0 amide bonds. The van der Waals surface area contributed by atoms with E-state index >= 15 is 0 Å². The minimum atomic E-state index is -0.970. The lowest BCUT2D eigenvalue weighted by atomic mass is 10.0. The molecule has 0 fully saturated rings. The molecule has 0 aliphatic heterocycles. The second-order valence-corrected chi connectivity index (χ2v) is 3.41. The average molecular weight is 200 g/mol. The molecule has 1 N–H and O–H groups in total. The summed E-state index contributed by atoms with van der Waals surface area (Å²) >= 11 is 0. The van der Waals surface area contributed by atoms with Gasteiger partial charge in [0.15, 0.2) is 0 Å². The minimum Gasteiger partial charge on any atom is -0.478 e. The van der Waals surface area contributed by atoms with Gasteiger partial charge in [-0.3, -0.25) is 4.79 Å². The molecule has 0 unspecified atom stereocenters. The van der Waals surface area contributed by atoms with Crippen molar-refractivity contribution in [1.29, 1.82) is 0 Å². The van der Waals surface area contributed by atoms with Crippen LogP contribution in [0.15, 0.2) is 11.6 Å². The predicted molar refractivity (Wildman–Crippen MR) is 51.8 cm³/mol. The predicted octanol–water partition coefficient (Wildman–Crippen LogP) is 1.61. The van der Waals surface area contributed by atoms with Crippen molar-refractivity contribution in [3.63, 3.8) is 0 Å². The number of hydrogen-bond acceptors (Lipinski definition) is 3. The van der Waals surface area contributed by atoms with Crippen LogP contribution in [-0.2, 0) is 14.3 Å². The van der Waals surface area contributed by atoms with Gasteiger partial charge in [-0.15, -0.1) is 0 Å². The molecule has 0 radical (unpaired) electrons. The first-order valence-corrected chi connectivity index (χ1v) is 4.46. The zero-order valence-electron chi connectivity index (χ0n) is 8.74. The molecule has 0 aromatic rings. The summed E-state index contributed by atoms with van der Waals surface area (Å²) in [6.07, 6.45) is 1.89. The van der Waals surface area contributed by atoms with Crippen LogP contribution in [0.2, 0.25) is 0 Å². The van der Waals surface area contributed by atoms with Gasteiger partial charge in [0.2, 0.25) is 0 Å². The first-order valence-electron chi connectivity index (χ1n) is 4.46.